The van der Waals surface area contributed by atoms with Gasteiger partial charge in [-0.2, -0.15) is 0 Å². The van der Waals surface area contributed by atoms with Gasteiger partial charge < -0.3 is 5.73 Å². The Labute approximate surface area is 112 Å². The summed E-state index contributed by atoms with van der Waals surface area (Å²) in [5.41, 5.74) is 7.28. The third-order valence-electron chi connectivity index (χ3n) is 2.07. The van der Waals surface area contributed by atoms with Gasteiger partial charge in [-0.3, -0.25) is 0 Å². The van der Waals surface area contributed by atoms with Crippen LogP contribution < -0.4 is 5.73 Å². The summed E-state index contributed by atoms with van der Waals surface area (Å²) in [5.74, 6) is 0. The summed E-state index contributed by atoms with van der Waals surface area (Å²) in [6.07, 6.45) is 2.65. The lowest BCUT2D eigenvalue weighted by Gasteiger charge is -2.07. The van der Waals surface area contributed by atoms with E-state index in [1.807, 2.05) is 23.6 Å². The van der Waals surface area contributed by atoms with Gasteiger partial charge in [0.1, 0.15) is 5.01 Å². The van der Waals surface area contributed by atoms with Crippen LogP contribution in [0.1, 0.15) is 16.6 Å². The minimum Gasteiger partial charge on any atom is -0.322 e. The van der Waals surface area contributed by atoms with Crippen molar-refractivity contribution in [2.24, 2.45) is 5.73 Å². The van der Waals surface area contributed by atoms with Gasteiger partial charge in [-0.05, 0) is 12.0 Å². The number of benzene rings is 1. The second kappa shape index (κ2) is 7.63. The fraction of sp³-hybridized carbons (Fsp3) is 0.182. The van der Waals surface area contributed by atoms with E-state index in [2.05, 4.69) is 17.1 Å². The summed E-state index contributed by atoms with van der Waals surface area (Å²) in [6.45, 7) is 0. The molecule has 2 nitrogen and oxygen atoms in total. The van der Waals surface area contributed by atoms with Gasteiger partial charge in [-0.25, -0.2) is 4.98 Å². The fourth-order valence-electron chi connectivity index (χ4n) is 1.37. The molecule has 1 atom stereocenters. The first-order chi connectivity index (χ1) is 6.86. The quantitative estimate of drug-likeness (QED) is 0.935. The Kier molecular flexibility index (Phi) is 7.34. The van der Waals surface area contributed by atoms with Gasteiger partial charge in [0.25, 0.3) is 0 Å². The van der Waals surface area contributed by atoms with Crippen LogP contribution in [0.5, 0.6) is 0 Å². The van der Waals surface area contributed by atoms with Gasteiger partial charge in [0.2, 0.25) is 0 Å². The van der Waals surface area contributed by atoms with Crippen LogP contribution in [0.2, 0.25) is 0 Å². The number of hydrogen-bond acceptors (Lipinski definition) is 3. The zero-order valence-electron chi connectivity index (χ0n) is 8.58. The van der Waals surface area contributed by atoms with Gasteiger partial charge in [-0.15, -0.1) is 36.2 Å². The van der Waals surface area contributed by atoms with Crippen LogP contribution in [-0.2, 0) is 6.42 Å². The Hall–Kier alpha value is -0.610. The molecule has 2 rings (SSSR count). The molecule has 1 aromatic carbocycles. The molecule has 0 unspecified atom stereocenters. The van der Waals surface area contributed by atoms with E-state index in [0.29, 0.717) is 0 Å². The molecule has 0 amide bonds. The summed E-state index contributed by atoms with van der Waals surface area (Å²) in [5, 5.41) is 2.97. The Morgan fingerprint density at radius 2 is 1.88 bits per heavy atom. The number of halogens is 2. The first-order valence-corrected chi connectivity index (χ1v) is 5.43. The van der Waals surface area contributed by atoms with E-state index >= 15 is 0 Å². The standard InChI is InChI=1S/C11H12N2S.2ClH/c12-10(11-13-6-7-14-11)8-9-4-2-1-3-5-9;;/h1-7,10H,8,12H2;2*1H/t10-;;/m0../s1. The first-order valence-electron chi connectivity index (χ1n) is 4.55. The van der Waals surface area contributed by atoms with Crippen molar-refractivity contribution >= 4 is 36.2 Å². The second-order valence-electron chi connectivity index (χ2n) is 3.17. The van der Waals surface area contributed by atoms with Crippen molar-refractivity contribution in [3.8, 4) is 0 Å². The van der Waals surface area contributed by atoms with Crippen LogP contribution in [0.3, 0.4) is 0 Å². The highest BCUT2D eigenvalue weighted by molar-refractivity contribution is 7.09. The maximum atomic E-state index is 6.02. The maximum absolute atomic E-state index is 6.02. The smallest absolute Gasteiger partial charge is 0.110 e. The number of nitrogens with zero attached hydrogens (tertiary/aromatic N) is 1. The SMILES string of the molecule is Cl.Cl.N[C@@H](Cc1ccccc1)c1nccs1. The monoisotopic (exact) mass is 276 g/mol. The minimum atomic E-state index is 0. The molecule has 0 aliphatic carbocycles. The molecule has 2 aromatic rings. The predicted molar refractivity (Wildman–Crippen MR) is 73.7 cm³/mol. The molecule has 2 N–H and O–H groups in total. The topological polar surface area (TPSA) is 38.9 Å². The van der Waals surface area contributed by atoms with E-state index < -0.39 is 0 Å². The molecule has 16 heavy (non-hydrogen) atoms. The van der Waals surface area contributed by atoms with Crippen LogP contribution in [-0.4, -0.2) is 4.98 Å². The Morgan fingerprint density at radius 3 is 2.44 bits per heavy atom. The number of hydrogen-bond donors (Lipinski definition) is 1. The second-order valence-corrected chi connectivity index (χ2v) is 4.09. The summed E-state index contributed by atoms with van der Waals surface area (Å²) in [7, 11) is 0. The van der Waals surface area contributed by atoms with Gasteiger partial charge in [-0.1, -0.05) is 30.3 Å². The molecule has 0 radical (unpaired) electrons. The highest BCUT2D eigenvalue weighted by Gasteiger charge is 2.08. The lowest BCUT2D eigenvalue weighted by atomic mass is 10.1. The molecule has 0 aliphatic rings. The van der Waals surface area contributed by atoms with Crippen molar-refractivity contribution in [1.29, 1.82) is 0 Å². The third-order valence-corrected chi connectivity index (χ3v) is 2.97. The molecule has 0 spiro atoms. The van der Waals surface area contributed by atoms with E-state index in [1.165, 1.54) is 5.56 Å². The van der Waals surface area contributed by atoms with Crippen molar-refractivity contribution in [2.75, 3.05) is 0 Å². The van der Waals surface area contributed by atoms with E-state index in [4.69, 9.17) is 5.73 Å². The first kappa shape index (κ1) is 15.4. The predicted octanol–water partition coefficient (Wildman–Crippen LogP) is 3.23. The molecule has 1 heterocycles. The Bertz CT molecular complexity index is 378. The summed E-state index contributed by atoms with van der Waals surface area (Å²) in [6, 6.07) is 10.3. The van der Waals surface area contributed by atoms with Crippen molar-refractivity contribution in [3.05, 3.63) is 52.5 Å². The van der Waals surface area contributed by atoms with Crippen LogP contribution >= 0.6 is 36.2 Å². The van der Waals surface area contributed by atoms with Crippen LogP contribution in [0, 0.1) is 0 Å². The average molecular weight is 277 g/mol. The van der Waals surface area contributed by atoms with E-state index in [9.17, 15) is 0 Å². The molecule has 5 heteroatoms. The molecule has 0 fully saturated rings. The summed E-state index contributed by atoms with van der Waals surface area (Å²) in [4.78, 5) is 4.21. The van der Waals surface area contributed by atoms with Crippen LogP contribution in [0.15, 0.2) is 41.9 Å². The van der Waals surface area contributed by atoms with Crippen LogP contribution in [0.4, 0.5) is 0 Å². The number of nitrogens with two attached hydrogens (primary N) is 1. The maximum Gasteiger partial charge on any atom is 0.110 e. The molecule has 0 saturated carbocycles. The molecule has 0 bridgehead atoms. The van der Waals surface area contributed by atoms with Crippen molar-refractivity contribution in [3.63, 3.8) is 0 Å². The molecule has 0 aliphatic heterocycles. The van der Waals surface area contributed by atoms with Crippen molar-refractivity contribution in [2.45, 2.75) is 12.5 Å². The van der Waals surface area contributed by atoms with Gasteiger partial charge in [0, 0.05) is 11.6 Å². The minimum absolute atomic E-state index is 0. The average Bonchev–Trinajstić information content (AvgIpc) is 2.72. The Morgan fingerprint density at radius 1 is 1.19 bits per heavy atom. The highest BCUT2D eigenvalue weighted by Crippen LogP contribution is 2.17. The number of thiazole rings is 1. The molecular formula is C11H14Cl2N2S. The lowest BCUT2D eigenvalue weighted by Crippen LogP contribution is -2.12. The highest BCUT2D eigenvalue weighted by atomic mass is 35.5. The van der Waals surface area contributed by atoms with Gasteiger partial charge >= 0.3 is 0 Å². The fourth-order valence-corrected chi connectivity index (χ4v) is 2.01. The zero-order chi connectivity index (χ0) is 9.80. The summed E-state index contributed by atoms with van der Waals surface area (Å²) < 4.78 is 0. The molecular weight excluding hydrogens is 263 g/mol. The lowest BCUT2D eigenvalue weighted by molar-refractivity contribution is 0.715. The van der Waals surface area contributed by atoms with Crippen molar-refractivity contribution < 1.29 is 0 Å². The summed E-state index contributed by atoms with van der Waals surface area (Å²) >= 11 is 1.61. The molecule has 1 aromatic heterocycles. The van der Waals surface area contributed by atoms with Crippen molar-refractivity contribution in [1.82, 2.24) is 4.98 Å². The molecule has 0 saturated heterocycles. The Balaban J connectivity index is 0.00000112. The number of aromatic nitrogens is 1. The third kappa shape index (κ3) is 4.10. The van der Waals surface area contributed by atoms with E-state index in [0.717, 1.165) is 11.4 Å². The van der Waals surface area contributed by atoms with Gasteiger partial charge in [0.15, 0.2) is 0 Å². The number of rotatable bonds is 3. The molecule has 88 valence electrons. The van der Waals surface area contributed by atoms with E-state index in [1.54, 1.807) is 17.5 Å². The van der Waals surface area contributed by atoms with E-state index in [-0.39, 0.29) is 30.9 Å². The van der Waals surface area contributed by atoms with Gasteiger partial charge in [0.05, 0.1) is 6.04 Å². The zero-order valence-corrected chi connectivity index (χ0v) is 11.0. The van der Waals surface area contributed by atoms with Crippen LogP contribution in [0.25, 0.3) is 0 Å². The largest absolute Gasteiger partial charge is 0.322 e. The normalized spacial score (nSPS) is 11.1.